The van der Waals surface area contributed by atoms with Crippen LogP contribution in [0.4, 0.5) is 5.69 Å². The molecule has 1 aromatic rings. The molecule has 8 heteroatoms. The topological polar surface area (TPSA) is 78.0 Å². The van der Waals surface area contributed by atoms with Crippen molar-refractivity contribution in [2.45, 2.75) is 39.7 Å². The van der Waals surface area contributed by atoms with Gasteiger partial charge in [0, 0.05) is 52.0 Å². The molecule has 0 heterocycles. The van der Waals surface area contributed by atoms with Crippen LogP contribution in [-0.4, -0.2) is 63.7 Å². The fraction of sp³-hybridized carbons (Fsp3) is 0.619. The van der Waals surface area contributed by atoms with Crippen LogP contribution in [-0.2, 0) is 16.1 Å². The van der Waals surface area contributed by atoms with E-state index in [0.717, 1.165) is 62.8 Å². The van der Waals surface area contributed by atoms with E-state index in [1.54, 1.807) is 7.11 Å². The molecule has 0 aliphatic carbocycles. The number of hydrogen-bond donors (Lipinski definition) is 3. The summed E-state index contributed by atoms with van der Waals surface area (Å²) in [7, 11) is 3.85. The first kappa shape index (κ1) is 27.6. The molecule has 1 amide bonds. The summed E-state index contributed by atoms with van der Waals surface area (Å²) < 4.78 is 5.09. The number of guanidine groups is 1. The van der Waals surface area contributed by atoms with Crippen molar-refractivity contribution < 1.29 is 9.53 Å². The number of likely N-dealkylation sites (N-methyl/N-ethyl adjacent to an activating group) is 1. The normalized spacial score (nSPS) is 11.1. The zero-order valence-electron chi connectivity index (χ0n) is 18.3. The molecule has 1 rings (SSSR count). The molecule has 0 saturated heterocycles. The van der Waals surface area contributed by atoms with E-state index < -0.39 is 0 Å². The molecule has 3 N–H and O–H groups in total. The lowest BCUT2D eigenvalue weighted by Gasteiger charge is -2.18. The van der Waals surface area contributed by atoms with E-state index in [0.29, 0.717) is 13.0 Å². The van der Waals surface area contributed by atoms with Crippen LogP contribution in [0, 0.1) is 0 Å². The molecule has 0 unspecified atom stereocenters. The largest absolute Gasteiger partial charge is 0.385 e. The number of aliphatic imine (C=N–C) groups is 1. The molecule has 0 radical (unpaired) electrons. The second-order valence-corrected chi connectivity index (χ2v) is 6.77. The highest BCUT2D eigenvalue weighted by Crippen LogP contribution is 2.11. The Morgan fingerprint density at radius 3 is 2.48 bits per heavy atom. The number of amides is 1. The molecule has 0 saturated carbocycles. The van der Waals surface area contributed by atoms with E-state index in [1.807, 2.05) is 31.2 Å². The molecule has 0 atom stereocenters. The molecular weight excluding hydrogens is 481 g/mol. The van der Waals surface area contributed by atoms with Gasteiger partial charge in [0.15, 0.2) is 5.96 Å². The smallest absolute Gasteiger partial charge is 0.224 e. The van der Waals surface area contributed by atoms with Crippen molar-refractivity contribution in [3.63, 3.8) is 0 Å². The third-order valence-corrected chi connectivity index (χ3v) is 4.15. The Labute approximate surface area is 193 Å². The quantitative estimate of drug-likeness (QED) is 0.162. The van der Waals surface area contributed by atoms with Gasteiger partial charge in [-0.25, -0.2) is 4.99 Å². The van der Waals surface area contributed by atoms with Gasteiger partial charge in [-0.1, -0.05) is 19.1 Å². The van der Waals surface area contributed by atoms with E-state index in [4.69, 9.17) is 4.74 Å². The Morgan fingerprint density at radius 2 is 1.86 bits per heavy atom. The minimum absolute atomic E-state index is 0. The Bertz CT molecular complexity index is 581. The Morgan fingerprint density at radius 1 is 1.14 bits per heavy atom. The number of halogens is 1. The van der Waals surface area contributed by atoms with Crippen molar-refractivity contribution in [2.24, 2.45) is 4.99 Å². The lowest BCUT2D eigenvalue weighted by molar-refractivity contribution is -0.116. The van der Waals surface area contributed by atoms with Gasteiger partial charge in [0.2, 0.25) is 5.91 Å². The zero-order chi connectivity index (χ0) is 20.6. The van der Waals surface area contributed by atoms with E-state index in [2.05, 4.69) is 39.8 Å². The second-order valence-electron chi connectivity index (χ2n) is 6.77. The average molecular weight is 519 g/mol. The number of nitrogens with one attached hydrogen (secondary N) is 3. The predicted octanol–water partition coefficient (Wildman–Crippen LogP) is 3.07. The summed E-state index contributed by atoms with van der Waals surface area (Å²) >= 11 is 0. The van der Waals surface area contributed by atoms with Gasteiger partial charge in [0.1, 0.15) is 0 Å². The molecule has 1 aromatic carbocycles. The minimum atomic E-state index is 0. The van der Waals surface area contributed by atoms with Crippen LogP contribution in [0.25, 0.3) is 0 Å². The highest BCUT2D eigenvalue weighted by Gasteiger charge is 2.02. The summed E-state index contributed by atoms with van der Waals surface area (Å²) in [5.41, 5.74) is 1.93. The van der Waals surface area contributed by atoms with Crippen molar-refractivity contribution in [2.75, 3.05) is 52.3 Å². The van der Waals surface area contributed by atoms with Gasteiger partial charge in [-0.05, 0) is 44.5 Å². The van der Waals surface area contributed by atoms with Crippen LogP contribution in [0.1, 0.15) is 38.7 Å². The third kappa shape index (κ3) is 13.5. The van der Waals surface area contributed by atoms with Crippen molar-refractivity contribution >= 4 is 41.5 Å². The van der Waals surface area contributed by atoms with E-state index in [1.165, 1.54) is 0 Å². The lowest BCUT2D eigenvalue weighted by Crippen LogP contribution is -2.41. The molecule has 29 heavy (non-hydrogen) atoms. The maximum Gasteiger partial charge on any atom is 0.224 e. The number of rotatable bonds is 13. The van der Waals surface area contributed by atoms with Gasteiger partial charge in [-0.15, -0.1) is 24.0 Å². The number of carbonyl (C=O) groups is 1. The van der Waals surface area contributed by atoms with E-state index in [9.17, 15) is 4.79 Å². The van der Waals surface area contributed by atoms with Gasteiger partial charge in [0.05, 0.1) is 6.54 Å². The highest BCUT2D eigenvalue weighted by atomic mass is 127. The Balaban J connectivity index is 0.00000784. The highest BCUT2D eigenvalue weighted by molar-refractivity contribution is 14.0. The molecule has 0 aromatic heterocycles. The monoisotopic (exact) mass is 519 g/mol. The lowest BCUT2D eigenvalue weighted by atomic mass is 10.2. The number of hydrogen-bond acceptors (Lipinski definition) is 4. The van der Waals surface area contributed by atoms with Gasteiger partial charge < -0.3 is 25.6 Å². The first-order chi connectivity index (χ1) is 13.6. The SMILES string of the molecule is CCCC(=O)Nc1ccc(CN=C(NCC)NCCN(C)CCCOC)cc1.I. The summed E-state index contributed by atoms with van der Waals surface area (Å²) in [6.07, 6.45) is 2.43. The fourth-order valence-electron chi connectivity index (χ4n) is 2.61. The summed E-state index contributed by atoms with van der Waals surface area (Å²) in [4.78, 5) is 18.6. The summed E-state index contributed by atoms with van der Waals surface area (Å²) in [6.45, 7) is 9.04. The maximum absolute atomic E-state index is 11.6. The Kier molecular flexibility index (Phi) is 16.6. The van der Waals surface area contributed by atoms with Crippen LogP contribution in [0.3, 0.4) is 0 Å². The fourth-order valence-corrected chi connectivity index (χ4v) is 2.61. The van der Waals surface area contributed by atoms with Gasteiger partial charge in [-0.2, -0.15) is 0 Å². The zero-order valence-corrected chi connectivity index (χ0v) is 20.6. The van der Waals surface area contributed by atoms with Gasteiger partial charge in [-0.3, -0.25) is 4.79 Å². The number of methoxy groups -OCH3 is 1. The van der Waals surface area contributed by atoms with Crippen LogP contribution < -0.4 is 16.0 Å². The Hall–Kier alpha value is -1.39. The molecule has 0 aliphatic heterocycles. The number of nitrogens with zero attached hydrogens (tertiary/aromatic N) is 2. The molecule has 7 nitrogen and oxygen atoms in total. The molecule has 0 bridgehead atoms. The first-order valence-electron chi connectivity index (χ1n) is 10.2. The van der Waals surface area contributed by atoms with Gasteiger partial charge >= 0.3 is 0 Å². The van der Waals surface area contributed by atoms with Crippen molar-refractivity contribution in [3.8, 4) is 0 Å². The van der Waals surface area contributed by atoms with Gasteiger partial charge in [0.25, 0.3) is 0 Å². The van der Waals surface area contributed by atoms with Crippen LogP contribution in [0.5, 0.6) is 0 Å². The summed E-state index contributed by atoms with van der Waals surface area (Å²) in [6, 6.07) is 7.85. The third-order valence-electron chi connectivity index (χ3n) is 4.15. The number of anilines is 1. The summed E-state index contributed by atoms with van der Waals surface area (Å²) in [5, 5.41) is 9.55. The summed E-state index contributed by atoms with van der Waals surface area (Å²) in [5.74, 6) is 0.868. The standard InChI is InChI=1S/C21H37N5O2.HI/c1-5-8-20(27)25-19-11-9-18(10-12-19)17-24-21(22-6-2)23-13-15-26(3)14-7-16-28-4;/h9-12H,5-8,13-17H2,1-4H3,(H,25,27)(H2,22,23,24);1H. The molecule has 0 fully saturated rings. The van der Waals surface area contributed by atoms with Crippen LogP contribution in [0.15, 0.2) is 29.3 Å². The second kappa shape index (κ2) is 17.5. The van der Waals surface area contributed by atoms with Crippen LogP contribution >= 0.6 is 24.0 Å². The number of carbonyl (C=O) groups excluding carboxylic acids is 1. The maximum atomic E-state index is 11.6. The van der Waals surface area contributed by atoms with Crippen molar-refractivity contribution in [1.82, 2.24) is 15.5 Å². The van der Waals surface area contributed by atoms with Crippen LogP contribution in [0.2, 0.25) is 0 Å². The predicted molar refractivity (Wildman–Crippen MR) is 132 cm³/mol. The molecular formula is C21H38IN5O2. The first-order valence-corrected chi connectivity index (χ1v) is 10.2. The molecule has 0 spiro atoms. The molecule has 166 valence electrons. The van der Waals surface area contributed by atoms with Crippen molar-refractivity contribution in [1.29, 1.82) is 0 Å². The molecule has 0 aliphatic rings. The minimum Gasteiger partial charge on any atom is -0.385 e. The van der Waals surface area contributed by atoms with Crippen molar-refractivity contribution in [3.05, 3.63) is 29.8 Å². The van der Waals surface area contributed by atoms with E-state index in [-0.39, 0.29) is 29.9 Å². The van der Waals surface area contributed by atoms with E-state index >= 15 is 0 Å². The number of benzene rings is 1. The average Bonchev–Trinajstić information content (AvgIpc) is 2.67. The number of ether oxygens (including phenoxy) is 1.